The smallest absolute Gasteiger partial charge is 0.341 e. The minimum Gasteiger partial charge on any atom is -0.480 e. The monoisotopic (exact) mass is 468 g/mol. The topological polar surface area (TPSA) is 201 Å². The van der Waals surface area contributed by atoms with Crippen molar-refractivity contribution < 1.29 is 29.0 Å². The normalized spacial score (nSPS) is 22.4. The van der Waals surface area contributed by atoms with Gasteiger partial charge in [-0.1, -0.05) is 25.7 Å². The number of hydrogen-bond acceptors (Lipinski definition) is 7. The second-order valence-corrected chi connectivity index (χ2v) is 8.78. The first kappa shape index (κ1) is 26.4. The fourth-order valence-electron chi connectivity index (χ4n) is 4.80. The molecule has 1 aliphatic heterocycles. The van der Waals surface area contributed by atoms with Crippen molar-refractivity contribution in [3.05, 3.63) is 0 Å². The Balaban J connectivity index is 2.17. The lowest BCUT2D eigenvalue weighted by atomic mass is 9.92. The summed E-state index contributed by atoms with van der Waals surface area (Å²) in [5.41, 5.74) is 9.44. The number of ether oxygens (including phenoxy) is 1. The fourth-order valence-corrected chi connectivity index (χ4v) is 4.80. The SMILES string of the molecule is COC(=O)[C@@]1(C(=O)N[C@@H](CCCNC(=N)N)C(=O)O)CCCN1C(=O)[C@H](N)CC1CCCC1. The van der Waals surface area contributed by atoms with E-state index in [2.05, 4.69) is 10.6 Å². The van der Waals surface area contributed by atoms with Crippen molar-refractivity contribution >= 4 is 29.7 Å². The summed E-state index contributed by atoms with van der Waals surface area (Å²) in [7, 11) is 1.12. The Hall–Kier alpha value is -2.89. The lowest BCUT2D eigenvalue weighted by molar-refractivity contribution is -0.166. The number of carbonyl (C=O) groups is 4. The zero-order chi connectivity index (χ0) is 24.6. The molecule has 186 valence electrons. The predicted octanol–water partition coefficient (Wildman–Crippen LogP) is -0.739. The van der Waals surface area contributed by atoms with Crippen molar-refractivity contribution in [2.24, 2.45) is 17.4 Å². The van der Waals surface area contributed by atoms with Crippen molar-refractivity contribution in [3.63, 3.8) is 0 Å². The molecule has 2 rings (SSSR count). The summed E-state index contributed by atoms with van der Waals surface area (Å²) >= 11 is 0. The number of guanidine groups is 1. The second-order valence-electron chi connectivity index (χ2n) is 8.78. The summed E-state index contributed by atoms with van der Waals surface area (Å²) in [5.74, 6) is -3.49. The molecular formula is C21H36N6O6. The summed E-state index contributed by atoms with van der Waals surface area (Å²) < 4.78 is 4.89. The Labute approximate surface area is 193 Å². The maximum Gasteiger partial charge on any atom is 0.341 e. The van der Waals surface area contributed by atoms with Crippen LogP contribution in [0.3, 0.4) is 0 Å². The van der Waals surface area contributed by atoms with Crippen LogP contribution in [0.2, 0.25) is 0 Å². The maximum atomic E-state index is 13.3. The molecule has 1 saturated carbocycles. The maximum absolute atomic E-state index is 13.3. The van der Waals surface area contributed by atoms with E-state index in [4.69, 9.17) is 21.6 Å². The van der Waals surface area contributed by atoms with Gasteiger partial charge in [0.25, 0.3) is 5.91 Å². The Bertz CT molecular complexity index is 756. The van der Waals surface area contributed by atoms with Crippen LogP contribution >= 0.6 is 0 Å². The van der Waals surface area contributed by atoms with Crippen LogP contribution in [0.1, 0.15) is 57.8 Å². The van der Waals surface area contributed by atoms with Crippen molar-refractivity contribution in [3.8, 4) is 0 Å². The molecule has 0 aromatic rings. The van der Waals surface area contributed by atoms with Gasteiger partial charge in [0.2, 0.25) is 11.4 Å². The van der Waals surface area contributed by atoms with Crippen LogP contribution in [-0.4, -0.2) is 77.5 Å². The van der Waals surface area contributed by atoms with E-state index in [1.807, 2.05) is 0 Å². The first-order valence-electron chi connectivity index (χ1n) is 11.4. The predicted molar refractivity (Wildman–Crippen MR) is 119 cm³/mol. The number of nitrogens with one attached hydrogen (secondary N) is 3. The Morgan fingerprint density at radius 2 is 1.91 bits per heavy atom. The van der Waals surface area contributed by atoms with Crippen LogP contribution in [0.4, 0.5) is 0 Å². The molecule has 1 saturated heterocycles. The Kier molecular flexibility index (Phi) is 9.44. The van der Waals surface area contributed by atoms with Gasteiger partial charge in [0, 0.05) is 13.1 Å². The van der Waals surface area contributed by atoms with E-state index in [0.717, 1.165) is 32.8 Å². The number of rotatable bonds is 11. The highest BCUT2D eigenvalue weighted by molar-refractivity contribution is 6.11. The molecule has 0 aromatic carbocycles. The van der Waals surface area contributed by atoms with Crippen molar-refractivity contribution in [2.45, 2.75) is 75.4 Å². The number of nitrogens with zero attached hydrogens (tertiary/aromatic N) is 1. The first-order chi connectivity index (χ1) is 15.6. The van der Waals surface area contributed by atoms with E-state index < -0.39 is 41.4 Å². The highest BCUT2D eigenvalue weighted by Crippen LogP contribution is 2.34. The zero-order valence-corrected chi connectivity index (χ0v) is 19.1. The molecule has 2 aliphatic rings. The van der Waals surface area contributed by atoms with Crippen LogP contribution in [0.25, 0.3) is 0 Å². The van der Waals surface area contributed by atoms with Gasteiger partial charge in [0.1, 0.15) is 6.04 Å². The molecule has 3 atom stereocenters. The van der Waals surface area contributed by atoms with E-state index in [1.54, 1.807) is 0 Å². The molecule has 1 heterocycles. The highest BCUT2D eigenvalue weighted by atomic mass is 16.5. The zero-order valence-electron chi connectivity index (χ0n) is 19.1. The van der Waals surface area contributed by atoms with Crippen LogP contribution in [0.15, 0.2) is 0 Å². The number of esters is 1. The molecule has 0 bridgehead atoms. The van der Waals surface area contributed by atoms with Gasteiger partial charge >= 0.3 is 11.9 Å². The molecule has 12 nitrogen and oxygen atoms in total. The molecule has 0 unspecified atom stereocenters. The third kappa shape index (κ3) is 6.34. The molecule has 33 heavy (non-hydrogen) atoms. The number of hydrogen-bond donors (Lipinski definition) is 6. The standard InChI is InChI=1S/C21H36N6O6/c1-33-19(32)21(18(31)26-15(17(29)30)8-4-10-25-20(23)24)9-5-11-27(21)16(28)14(22)12-13-6-2-3-7-13/h13-15H,2-12,22H2,1H3,(H,26,31)(H,29,30)(H4,23,24,25)/t14-,15+,21+/m1/s1. The molecular weight excluding hydrogens is 432 g/mol. The molecule has 0 aromatic heterocycles. The molecule has 2 amide bonds. The largest absolute Gasteiger partial charge is 0.480 e. The average molecular weight is 469 g/mol. The molecule has 0 spiro atoms. The number of amides is 2. The molecule has 1 aliphatic carbocycles. The summed E-state index contributed by atoms with van der Waals surface area (Å²) in [6.07, 6.45) is 5.42. The lowest BCUT2D eigenvalue weighted by Gasteiger charge is -2.36. The van der Waals surface area contributed by atoms with Crippen LogP contribution in [-0.2, 0) is 23.9 Å². The van der Waals surface area contributed by atoms with E-state index in [0.29, 0.717) is 25.2 Å². The number of carboxylic acid groups (broad SMARTS) is 1. The minimum atomic E-state index is -1.95. The highest BCUT2D eigenvalue weighted by Gasteiger charge is 2.57. The summed E-state index contributed by atoms with van der Waals surface area (Å²) in [4.78, 5) is 52.3. The third-order valence-electron chi connectivity index (χ3n) is 6.51. The van der Waals surface area contributed by atoms with Gasteiger partial charge in [-0.05, 0) is 38.0 Å². The number of carboxylic acids is 1. The summed E-state index contributed by atoms with van der Waals surface area (Å²) in [5, 5.41) is 21.7. The van der Waals surface area contributed by atoms with Gasteiger partial charge in [-0.3, -0.25) is 15.0 Å². The second kappa shape index (κ2) is 11.8. The molecule has 12 heteroatoms. The summed E-state index contributed by atoms with van der Waals surface area (Å²) in [6, 6.07) is -2.14. The van der Waals surface area contributed by atoms with Crippen LogP contribution < -0.4 is 22.1 Å². The van der Waals surface area contributed by atoms with Crippen LogP contribution in [0.5, 0.6) is 0 Å². The van der Waals surface area contributed by atoms with Crippen molar-refractivity contribution in [1.29, 1.82) is 5.41 Å². The van der Waals surface area contributed by atoms with Gasteiger partial charge in [-0.15, -0.1) is 0 Å². The third-order valence-corrected chi connectivity index (χ3v) is 6.51. The van der Waals surface area contributed by atoms with E-state index in [9.17, 15) is 24.3 Å². The number of carbonyl (C=O) groups excluding carboxylic acids is 3. The number of likely N-dealkylation sites (tertiary alicyclic amines) is 1. The minimum absolute atomic E-state index is 0.0195. The van der Waals surface area contributed by atoms with Gasteiger partial charge in [0.05, 0.1) is 13.2 Å². The molecule has 2 fully saturated rings. The number of aliphatic carboxylic acids is 1. The summed E-state index contributed by atoms with van der Waals surface area (Å²) in [6.45, 7) is 0.401. The van der Waals surface area contributed by atoms with Gasteiger partial charge in [0.15, 0.2) is 5.96 Å². The fraction of sp³-hybridized carbons (Fsp3) is 0.762. The Morgan fingerprint density at radius 1 is 1.24 bits per heavy atom. The quantitative estimate of drug-likeness (QED) is 0.0742. The lowest BCUT2D eigenvalue weighted by Crippen LogP contribution is -2.66. The van der Waals surface area contributed by atoms with Gasteiger partial charge in [-0.2, -0.15) is 0 Å². The van der Waals surface area contributed by atoms with Crippen LogP contribution in [0, 0.1) is 11.3 Å². The van der Waals surface area contributed by atoms with E-state index in [1.165, 1.54) is 4.90 Å². The molecule has 8 N–H and O–H groups in total. The van der Waals surface area contributed by atoms with Gasteiger partial charge < -0.3 is 36.8 Å². The van der Waals surface area contributed by atoms with Crippen molar-refractivity contribution in [1.82, 2.24) is 15.5 Å². The van der Waals surface area contributed by atoms with Gasteiger partial charge in [-0.25, -0.2) is 9.59 Å². The first-order valence-corrected chi connectivity index (χ1v) is 11.4. The Morgan fingerprint density at radius 3 is 2.48 bits per heavy atom. The molecule has 0 radical (unpaired) electrons. The van der Waals surface area contributed by atoms with Crippen molar-refractivity contribution in [2.75, 3.05) is 20.2 Å². The van der Waals surface area contributed by atoms with E-state index >= 15 is 0 Å². The number of methoxy groups -OCH3 is 1. The number of nitrogens with two attached hydrogens (primary N) is 2. The van der Waals surface area contributed by atoms with E-state index in [-0.39, 0.29) is 31.9 Å². The average Bonchev–Trinajstić information content (AvgIpc) is 3.44.